The van der Waals surface area contributed by atoms with Crippen LogP contribution in [-0.4, -0.2) is 21.8 Å². The molecule has 0 aliphatic rings. The number of fused-ring (bicyclic) bond motifs is 1. The van der Waals surface area contributed by atoms with Gasteiger partial charge in [0, 0.05) is 24.3 Å². The molecule has 4 nitrogen and oxygen atoms in total. The highest BCUT2D eigenvalue weighted by Crippen LogP contribution is 2.19. The van der Waals surface area contributed by atoms with E-state index in [1.807, 2.05) is 37.5 Å². The van der Waals surface area contributed by atoms with E-state index in [0.29, 0.717) is 0 Å². The Morgan fingerprint density at radius 2 is 2.11 bits per heavy atom. The Balaban J connectivity index is 2.23. The molecule has 18 heavy (non-hydrogen) atoms. The summed E-state index contributed by atoms with van der Waals surface area (Å²) in [5, 5.41) is 8.60. The lowest BCUT2D eigenvalue weighted by atomic mass is 10.1. The molecule has 2 aromatic heterocycles. The van der Waals surface area contributed by atoms with Crippen LogP contribution in [0.15, 0.2) is 48.8 Å². The number of hydrogen-bond donors (Lipinski definition) is 1. The zero-order valence-corrected chi connectivity index (χ0v) is 10.2. The van der Waals surface area contributed by atoms with Crippen LogP contribution in [0.25, 0.3) is 16.7 Å². The average Bonchev–Trinajstić information content (AvgIpc) is 2.93. The molecule has 2 heterocycles. The van der Waals surface area contributed by atoms with Gasteiger partial charge in [-0.2, -0.15) is 5.10 Å². The van der Waals surface area contributed by atoms with Gasteiger partial charge in [-0.15, -0.1) is 0 Å². The molecule has 0 radical (unpaired) electrons. The maximum atomic E-state index is 4.63. The summed E-state index contributed by atoms with van der Waals surface area (Å²) in [7, 11) is 1.95. The van der Waals surface area contributed by atoms with Gasteiger partial charge in [0.05, 0.1) is 5.52 Å². The standard InChI is InChI=1S/C14H14N4/c1-15-10-11-9-14(18-8-4-7-16-18)17-13-6-3-2-5-12(11)13/h2-9,15H,10H2,1H3. The van der Waals surface area contributed by atoms with Crippen molar-refractivity contribution in [1.29, 1.82) is 0 Å². The minimum atomic E-state index is 0.817. The van der Waals surface area contributed by atoms with Crippen LogP contribution in [0.1, 0.15) is 5.56 Å². The Labute approximate surface area is 105 Å². The largest absolute Gasteiger partial charge is 0.316 e. The molecule has 1 N–H and O–H groups in total. The van der Waals surface area contributed by atoms with Crippen molar-refractivity contribution in [1.82, 2.24) is 20.1 Å². The average molecular weight is 238 g/mol. The molecule has 0 fully saturated rings. The first kappa shape index (κ1) is 10.9. The molecule has 4 heteroatoms. The number of rotatable bonds is 3. The lowest BCUT2D eigenvalue weighted by Gasteiger charge is -2.09. The number of hydrogen-bond acceptors (Lipinski definition) is 3. The van der Waals surface area contributed by atoms with Crippen molar-refractivity contribution in [3.05, 3.63) is 54.4 Å². The molecule has 0 aliphatic carbocycles. The summed E-state index contributed by atoms with van der Waals surface area (Å²) in [5.74, 6) is 0.851. The molecule has 1 aromatic carbocycles. The molecule has 90 valence electrons. The van der Waals surface area contributed by atoms with Gasteiger partial charge in [0.25, 0.3) is 0 Å². The fraction of sp³-hybridized carbons (Fsp3) is 0.143. The third kappa shape index (κ3) is 1.87. The number of nitrogens with one attached hydrogen (secondary N) is 1. The Morgan fingerprint density at radius 1 is 1.22 bits per heavy atom. The summed E-state index contributed by atoms with van der Waals surface area (Å²) in [4.78, 5) is 4.63. The van der Waals surface area contributed by atoms with Crippen molar-refractivity contribution in [3.63, 3.8) is 0 Å². The second-order valence-corrected chi connectivity index (χ2v) is 4.14. The first-order valence-electron chi connectivity index (χ1n) is 5.92. The molecule has 0 spiro atoms. The number of aromatic nitrogens is 3. The van der Waals surface area contributed by atoms with Crippen LogP contribution in [0.4, 0.5) is 0 Å². The van der Waals surface area contributed by atoms with Crippen LogP contribution >= 0.6 is 0 Å². The summed E-state index contributed by atoms with van der Waals surface area (Å²) < 4.78 is 1.78. The summed E-state index contributed by atoms with van der Waals surface area (Å²) in [6.45, 7) is 0.817. The third-order valence-corrected chi connectivity index (χ3v) is 2.89. The van der Waals surface area contributed by atoms with E-state index in [0.717, 1.165) is 17.9 Å². The maximum Gasteiger partial charge on any atom is 0.154 e. The number of nitrogens with zero attached hydrogens (tertiary/aromatic N) is 3. The number of para-hydroxylation sites is 1. The second kappa shape index (κ2) is 4.58. The monoisotopic (exact) mass is 238 g/mol. The Bertz CT molecular complexity index is 659. The summed E-state index contributed by atoms with van der Waals surface area (Å²) in [5.41, 5.74) is 2.23. The summed E-state index contributed by atoms with van der Waals surface area (Å²) >= 11 is 0. The van der Waals surface area contributed by atoms with E-state index >= 15 is 0 Å². The van der Waals surface area contributed by atoms with E-state index in [2.05, 4.69) is 27.5 Å². The van der Waals surface area contributed by atoms with E-state index in [-0.39, 0.29) is 0 Å². The lowest BCUT2D eigenvalue weighted by molar-refractivity contribution is 0.810. The predicted molar refractivity (Wildman–Crippen MR) is 71.6 cm³/mol. The van der Waals surface area contributed by atoms with Gasteiger partial charge in [0.2, 0.25) is 0 Å². The van der Waals surface area contributed by atoms with E-state index in [9.17, 15) is 0 Å². The highest BCUT2D eigenvalue weighted by atomic mass is 15.3. The third-order valence-electron chi connectivity index (χ3n) is 2.89. The van der Waals surface area contributed by atoms with Gasteiger partial charge in [-0.05, 0) is 30.8 Å². The fourth-order valence-electron chi connectivity index (χ4n) is 2.09. The molecule has 0 saturated carbocycles. The van der Waals surface area contributed by atoms with Gasteiger partial charge in [0.1, 0.15) is 0 Å². The first-order valence-corrected chi connectivity index (χ1v) is 5.92. The van der Waals surface area contributed by atoms with Gasteiger partial charge >= 0.3 is 0 Å². The fourth-order valence-corrected chi connectivity index (χ4v) is 2.09. The van der Waals surface area contributed by atoms with Crippen LogP contribution in [0, 0.1) is 0 Å². The van der Waals surface area contributed by atoms with Crippen LogP contribution < -0.4 is 5.32 Å². The zero-order valence-electron chi connectivity index (χ0n) is 10.2. The van der Waals surface area contributed by atoms with Crippen molar-refractivity contribution in [2.24, 2.45) is 0 Å². The predicted octanol–water partition coefficient (Wildman–Crippen LogP) is 2.14. The molecular weight excluding hydrogens is 224 g/mol. The van der Waals surface area contributed by atoms with Gasteiger partial charge in [0.15, 0.2) is 5.82 Å². The molecule has 3 aromatic rings. The molecule has 0 saturated heterocycles. The number of pyridine rings is 1. The summed E-state index contributed by atoms with van der Waals surface area (Å²) in [6, 6.07) is 12.1. The van der Waals surface area contributed by atoms with Gasteiger partial charge in [-0.25, -0.2) is 9.67 Å². The molecule has 0 amide bonds. The van der Waals surface area contributed by atoms with Crippen LogP contribution in [-0.2, 0) is 6.54 Å². The van der Waals surface area contributed by atoms with Crippen molar-refractivity contribution >= 4 is 10.9 Å². The van der Waals surface area contributed by atoms with Crippen molar-refractivity contribution < 1.29 is 0 Å². The zero-order chi connectivity index (χ0) is 12.4. The van der Waals surface area contributed by atoms with Gasteiger partial charge in [-0.3, -0.25) is 0 Å². The molecule has 0 atom stereocenters. The highest BCUT2D eigenvalue weighted by Gasteiger charge is 2.06. The SMILES string of the molecule is CNCc1cc(-n2cccn2)nc2ccccc12. The molecule has 0 unspecified atom stereocenters. The molecule has 0 bridgehead atoms. The molecule has 3 rings (SSSR count). The van der Waals surface area contributed by atoms with Crippen molar-refractivity contribution in [2.75, 3.05) is 7.05 Å². The molecule has 0 aliphatic heterocycles. The normalized spacial score (nSPS) is 10.9. The topological polar surface area (TPSA) is 42.7 Å². The minimum absolute atomic E-state index is 0.817. The second-order valence-electron chi connectivity index (χ2n) is 4.14. The van der Waals surface area contributed by atoms with Crippen molar-refractivity contribution in [3.8, 4) is 5.82 Å². The van der Waals surface area contributed by atoms with E-state index in [1.54, 1.807) is 10.9 Å². The van der Waals surface area contributed by atoms with Gasteiger partial charge < -0.3 is 5.32 Å². The quantitative estimate of drug-likeness (QED) is 0.760. The van der Waals surface area contributed by atoms with Crippen LogP contribution in [0.3, 0.4) is 0 Å². The van der Waals surface area contributed by atoms with E-state index in [4.69, 9.17) is 0 Å². The number of benzene rings is 1. The van der Waals surface area contributed by atoms with Crippen molar-refractivity contribution in [2.45, 2.75) is 6.54 Å². The van der Waals surface area contributed by atoms with Gasteiger partial charge in [-0.1, -0.05) is 18.2 Å². The molecular formula is C14H14N4. The Kier molecular flexibility index (Phi) is 2.78. The first-order chi connectivity index (χ1) is 8.88. The highest BCUT2D eigenvalue weighted by molar-refractivity contribution is 5.83. The Morgan fingerprint density at radius 3 is 2.89 bits per heavy atom. The minimum Gasteiger partial charge on any atom is -0.316 e. The summed E-state index contributed by atoms with van der Waals surface area (Å²) in [6.07, 6.45) is 3.66. The Hall–Kier alpha value is -2.20. The lowest BCUT2D eigenvalue weighted by Crippen LogP contribution is -2.08. The van der Waals surface area contributed by atoms with Crippen LogP contribution in [0.5, 0.6) is 0 Å². The smallest absolute Gasteiger partial charge is 0.154 e. The van der Waals surface area contributed by atoms with E-state index in [1.165, 1.54) is 10.9 Å². The van der Waals surface area contributed by atoms with Crippen LogP contribution in [0.2, 0.25) is 0 Å². The van der Waals surface area contributed by atoms with E-state index < -0.39 is 0 Å². The maximum absolute atomic E-state index is 4.63.